The van der Waals surface area contributed by atoms with E-state index in [0.717, 1.165) is 12.8 Å². The first kappa shape index (κ1) is 60.5. The van der Waals surface area contributed by atoms with Gasteiger partial charge in [0.15, 0.2) is 0 Å². The van der Waals surface area contributed by atoms with Crippen LogP contribution in [0, 0.1) is 0 Å². The lowest BCUT2D eigenvalue weighted by Crippen LogP contribution is -2.42. The predicted molar refractivity (Wildman–Crippen MR) is 259 cm³/mol. The smallest absolute Gasteiger partial charge is 0.410 e. The Hall–Kier alpha value is -3.45. The third-order valence-corrected chi connectivity index (χ3v) is 9.87. The van der Waals surface area contributed by atoms with Crippen LogP contribution in [0.3, 0.4) is 0 Å². The largest absolute Gasteiger partial charge is 0.444 e. The van der Waals surface area contributed by atoms with E-state index in [0.29, 0.717) is 90.9 Å². The number of alkyl carbamates (subject to hydrolysis) is 1. The average Bonchev–Trinajstić information content (AvgIpc) is 3.14. The predicted octanol–water partition coefficient (Wildman–Crippen LogP) is 12.2. The van der Waals surface area contributed by atoms with E-state index in [1.807, 2.05) is 62.3 Å². The molecule has 0 fully saturated rings. The first-order chi connectivity index (χ1) is 29.8. The van der Waals surface area contributed by atoms with Crippen LogP contribution in [0.2, 0.25) is 0 Å². The van der Waals surface area contributed by atoms with Gasteiger partial charge < -0.3 is 44.3 Å². The summed E-state index contributed by atoms with van der Waals surface area (Å²) in [5, 5.41) is 5.76. The highest BCUT2D eigenvalue weighted by Gasteiger charge is 2.26. The lowest BCUT2D eigenvalue weighted by atomic mass is 10.0. The lowest BCUT2D eigenvalue weighted by molar-refractivity contribution is -0.121. The molecule has 0 bridgehead atoms. The van der Waals surface area contributed by atoms with Crippen LogP contribution >= 0.6 is 0 Å². The van der Waals surface area contributed by atoms with Crippen LogP contribution in [0.5, 0.6) is 0 Å². The number of nitrogens with one attached hydrogen (secondary N) is 2. The molecule has 0 heterocycles. The molecule has 0 aromatic rings. The standard InChI is InChI=1S/C50H97N5O9/c1-14-15-16-17-18-19-20-21-22-23-24-25-26-27-33-42(56)51-34-30-38-55(46(60)64-50(11,12)13)41-32-40-54(45(59)63-49(8,9)10)37-29-28-36-53(44(58)62-48(5,6)7)39-31-35-52-43(57)61-47(2,3)4/h14-41H2,1-13H3,(H,51,56)(H,52,57). The van der Waals surface area contributed by atoms with Crippen LogP contribution in [-0.4, -0.2) is 120 Å². The minimum Gasteiger partial charge on any atom is -0.444 e. The van der Waals surface area contributed by atoms with Gasteiger partial charge in [-0.05, 0) is 122 Å². The average molecular weight is 912 g/mol. The van der Waals surface area contributed by atoms with Crippen molar-refractivity contribution in [3.63, 3.8) is 0 Å². The quantitative estimate of drug-likeness (QED) is 0.0495. The highest BCUT2D eigenvalue weighted by molar-refractivity contribution is 5.75. The molecule has 0 aliphatic carbocycles. The van der Waals surface area contributed by atoms with Crippen LogP contribution in [-0.2, 0) is 23.7 Å². The van der Waals surface area contributed by atoms with Crippen molar-refractivity contribution < 1.29 is 42.9 Å². The van der Waals surface area contributed by atoms with Gasteiger partial charge in [-0.15, -0.1) is 0 Å². The number of hydrogen-bond donors (Lipinski definition) is 2. The summed E-state index contributed by atoms with van der Waals surface area (Å²) in [5.41, 5.74) is -2.66. The fourth-order valence-electron chi connectivity index (χ4n) is 6.76. The Morgan fingerprint density at radius 1 is 0.359 bits per heavy atom. The molecule has 0 atom stereocenters. The molecule has 0 aromatic heterocycles. The molecule has 14 heteroatoms. The van der Waals surface area contributed by atoms with Crippen LogP contribution in [0.1, 0.15) is 218 Å². The van der Waals surface area contributed by atoms with Crippen LogP contribution in [0.15, 0.2) is 0 Å². The van der Waals surface area contributed by atoms with Gasteiger partial charge in [-0.25, -0.2) is 19.2 Å². The lowest BCUT2D eigenvalue weighted by Gasteiger charge is -2.30. The Kier molecular flexibility index (Phi) is 31.3. The molecule has 0 aliphatic heterocycles. The van der Waals surface area contributed by atoms with Crippen molar-refractivity contribution in [1.29, 1.82) is 0 Å². The van der Waals surface area contributed by atoms with Gasteiger partial charge in [-0.1, -0.05) is 90.4 Å². The van der Waals surface area contributed by atoms with Crippen molar-refractivity contribution in [2.24, 2.45) is 0 Å². The van der Waals surface area contributed by atoms with Crippen molar-refractivity contribution in [1.82, 2.24) is 25.3 Å². The second-order valence-electron chi connectivity index (χ2n) is 21.3. The molecule has 0 aliphatic rings. The molecule has 0 spiro atoms. The van der Waals surface area contributed by atoms with E-state index in [1.165, 1.54) is 77.0 Å². The first-order valence-corrected chi connectivity index (χ1v) is 25.0. The maximum absolute atomic E-state index is 13.4. The Morgan fingerprint density at radius 2 is 0.656 bits per heavy atom. The molecule has 0 rings (SSSR count). The fraction of sp³-hybridized carbons (Fsp3) is 0.900. The molecule has 64 heavy (non-hydrogen) atoms. The summed E-state index contributed by atoms with van der Waals surface area (Å²) in [6, 6.07) is 0. The van der Waals surface area contributed by atoms with E-state index < -0.39 is 46.8 Å². The van der Waals surface area contributed by atoms with E-state index in [2.05, 4.69) is 17.6 Å². The zero-order chi connectivity index (χ0) is 48.7. The zero-order valence-corrected chi connectivity index (χ0v) is 43.3. The van der Waals surface area contributed by atoms with E-state index in [4.69, 9.17) is 18.9 Å². The summed E-state index contributed by atoms with van der Waals surface area (Å²) in [7, 11) is 0. The summed E-state index contributed by atoms with van der Waals surface area (Å²) in [4.78, 5) is 69.4. The van der Waals surface area contributed by atoms with Gasteiger partial charge in [0.2, 0.25) is 5.91 Å². The Morgan fingerprint density at radius 3 is 1.00 bits per heavy atom. The summed E-state index contributed by atoms with van der Waals surface area (Å²) in [6.45, 7) is 27.1. The molecule has 2 N–H and O–H groups in total. The van der Waals surface area contributed by atoms with E-state index >= 15 is 0 Å². The second kappa shape index (κ2) is 33.1. The summed E-state index contributed by atoms with van der Waals surface area (Å²) < 4.78 is 22.5. The summed E-state index contributed by atoms with van der Waals surface area (Å²) in [6.07, 6.45) is 19.3. The molecular formula is C50H97N5O9. The fourth-order valence-corrected chi connectivity index (χ4v) is 6.76. The Balaban J connectivity index is 5.08. The summed E-state index contributed by atoms with van der Waals surface area (Å²) >= 11 is 0. The van der Waals surface area contributed by atoms with Crippen molar-refractivity contribution in [2.75, 3.05) is 52.4 Å². The van der Waals surface area contributed by atoms with Crippen LogP contribution < -0.4 is 10.6 Å². The Labute approximate surface area is 390 Å². The second-order valence-corrected chi connectivity index (χ2v) is 21.3. The number of unbranched alkanes of at least 4 members (excludes halogenated alkanes) is 14. The molecule has 0 aromatic carbocycles. The van der Waals surface area contributed by atoms with Gasteiger partial charge in [0.1, 0.15) is 22.4 Å². The number of carbonyl (C=O) groups is 5. The molecule has 0 radical (unpaired) electrons. The van der Waals surface area contributed by atoms with Crippen molar-refractivity contribution in [2.45, 2.75) is 241 Å². The number of amides is 5. The Bertz CT molecular complexity index is 1280. The van der Waals surface area contributed by atoms with E-state index in [1.54, 1.807) is 35.5 Å². The molecule has 0 saturated heterocycles. The van der Waals surface area contributed by atoms with Gasteiger partial charge in [0.05, 0.1) is 0 Å². The minimum atomic E-state index is -0.699. The molecular weight excluding hydrogens is 815 g/mol. The van der Waals surface area contributed by atoms with Crippen molar-refractivity contribution >= 4 is 30.3 Å². The summed E-state index contributed by atoms with van der Waals surface area (Å²) in [5.74, 6) is 0.0418. The normalized spacial score (nSPS) is 12.0. The number of carbonyl (C=O) groups excluding carboxylic acids is 5. The van der Waals surface area contributed by atoms with Crippen LogP contribution in [0.4, 0.5) is 19.2 Å². The number of rotatable bonds is 32. The molecule has 0 unspecified atom stereocenters. The number of ether oxygens (including phenoxy) is 4. The van der Waals surface area contributed by atoms with Crippen LogP contribution in [0.25, 0.3) is 0 Å². The van der Waals surface area contributed by atoms with Gasteiger partial charge >= 0.3 is 24.4 Å². The highest BCUT2D eigenvalue weighted by atomic mass is 16.6. The topological polar surface area (TPSA) is 156 Å². The molecule has 0 saturated carbocycles. The monoisotopic (exact) mass is 912 g/mol. The third kappa shape index (κ3) is 37.9. The van der Waals surface area contributed by atoms with E-state index in [-0.39, 0.29) is 5.91 Å². The third-order valence-electron chi connectivity index (χ3n) is 9.87. The van der Waals surface area contributed by atoms with Gasteiger partial charge in [0, 0.05) is 58.8 Å². The minimum absolute atomic E-state index is 0.0418. The SMILES string of the molecule is CCCCCCCCCCCCCCCCC(=O)NCCCN(CCCN(CCCCN(CCCNC(=O)OC(C)(C)C)C(=O)OC(C)(C)C)C(=O)OC(C)(C)C)C(=O)OC(C)(C)C. The highest BCUT2D eigenvalue weighted by Crippen LogP contribution is 2.17. The molecule has 14 nitrogen and oxygen atoms in total. The molecule has 376 valence electrons. The number of nitrogens with zero attached hydrogens (tertiary/aromatic N) is 3. The van der Waals surface area contributed by atoms with E-state index in [9.17, 15) is 24.0 Å². The maximum Gasteiger partial charge on any atom is 0.410 e. The van der Waals surface area contributed by atoms with Gasteiger partial charge in [-0.3, -0.25) is 4.79 Å². The maximum atomic E-state index is 13.4. The van der Waals surface area contributed by atoms with Gasteiger partial charge in [0.25, 0.3) is 0 Å². The van der Waals surface area contributed by atoms with Crippen molar-refractivity contribution in [3.05, 3.63) is 0 Å². The molecule has 5 amide bonds. The van der Waals surface area contributed by atoms with Crippen molar-refractivity contribution in [3.8, 4) is 0 Å². The zero-order valence-electron chi connectivity index (χ0n) is 43.3. The number of hydrogen-bond acceptors (Lipinski definition) is 9. The van der Waals surface area contributed by atoms with Gasteiger partial charge in [-0.2, -0.15) is 0 Å². The first-order valence-electron chi connectivity index (χ1n) is 25.0.